The average Bonchev–Trinajstić information content (AvgIpc) is 2.53. The molecule has 3 rings (SSSR count). The van der Waals surface area contributed by atoms with Crippen LogP contribution in [0.15, 0.2) is 42.5 Å². The molecule has 1 atom stereocenters. The predicted octanol–water partition coefficient (Wildman–Crippen LogP) is 5.14. The van der Waals surface area contributed by atoms with Gasteiger partial charge in [0.25, 0.3) is 5.91 Å². The van der Waals surface area contributed by atoms with E-state index >= 15 is 0 Å². The molecule has 1 unspecified atom stereocenters. The average molecular weight is 407 g/mol. The largest absolute Gasteiger partial charge is 0.479 e. The summed E-state index contributed by atoms with van der Waals surface area (Å²) in [6.07, 6.45) is 2.12. The fourth-order valence-corrected chi connectivity index (χ4v) is 3.22. The van der Waals surface area contributed by atoms with Crippen molar-refractivity contribution >= 4 is 46.4 Å². The highest BCUT2D eigenvalue weighted by Crippen LogP contribution is 2.31. The molecule has 0 aromatic heterocycles. The number of ether oxygens (including phenoxy) is 1. The second kappa shape index (κ2) is 8.63. The molecule has 1 aliphatic carbocycles. The van der Waals surface area contributed by atoms with Crippen molar-refractivity contribution < 1.29 is 14.3 Å². The van der Waals surface area contributed by atoms with Crippen molar-refractivity contribution in [2.75, 3.05) is 10.6 Å². The summed E-state index contributed by atoms with van der Waals surface area (Å²) in [7, 11) is 0. The molecule has 2 aromatic carbocycles. The van der Waals surface area contributed by atoms with E-state index in [1.54, 1.807) is 43.3 Å². The lowest BCUT2D eigenvalue weighted by atomic mass is 9.85. The van der Waals surface area contributed by atoms with E-state index in [2.05, 4.69) is 10.6 Å². The van der Waals surface area contributed by atoms with Crippen molar-refractivity contribution in [1.29, 1.82) is 0 Å². The van der Waals surface area contributed by atoms with Crippen LogP contribution < -0.4 is 15.4 Å². The SMILES string of the molecule is CC(Oc1ccccc1NC(=O)C1CCC1)C(=O)Nc1cc(Cl)cc(Cl)c1. The van der Waals surface area contributed by atoms with Crippen molar-refractivity contribution in [1.82, 2.24) is 0 Å². The van der Waals surface area contributed by atoms with Crippen LogP contribution in [0.5, 0.6) is 5.75 Å². The van der Waals surface area contributed by atoms with Crippen LogP contribution in [-0.4, -0.2) is 17.9 Å². The van der Waals surface area contributed by atoms with Crippen molar-refractivity contribution in [2.45, 2.75) is 32.3 Å². The summed E-state index contributed by atoms with van der Waals surface area (Å²) >= 11 is 11.9. The second-order valence-corrected chi connectivity index (χ2v) is 7.39. The maximum Gasteiger partial charge on any atom is 0.265 e. The van der Waals surface area contributed by atoms with Gasteiger partial charge >= 0.3 is 0 Å². The van der Waals surface area contributed by atoms with Gasteiger partial charge in [0, 0.05) is 21.7 Å². The molecule has 0 spiro atoms. The predicted molar refractivity (Wildman–Crippen MR) is 108 cm³/mol. The van der Waals surface area contributed by atoms with Gasteiger partial charge in [-0.15, -0.1) is 0 Å². The van der Waals surface area contributed by atoms with Crippen molar-refractivity contribution in [3.63, 3.8) is 0 Å². The highest BCUT2D eigenvalue weighted by Gasteiger charge is 2.26. The molecule has 1 fully saturated rings. The summed E-state index contributed by atoms with van der Waals surface area (Å²) in [6.45, 7) is 1.63. The fraction of sp³-hybridized carbons (Fsp3) is 0.300. The molecule has 0 aliphatic heterocycles. The van der Waals surface area contributed by atoms with Gasteiger partial charge in [0.15, 0.2) is 6.10 Å². The molecule has 1 aliphatic rings. The Morgan fingerprint density at radius 1 is 1.07 bits per heavy atom. The van der Waals surface area contributed by atoms with Gasteiger partial charge in [0.2, 0.25) is 5.91 Å². The molecule has 0 radical (unpaired) electrons. The number of hydrogen-bond donors (Lipinski definition) is 2. The second-order valence-electron chi connectivity index (χ2n) is 6.52. The van der Waals surface area contributed by atoms with E-state index in [1.165, 1.54) is 0 Å². The number of amides is 2. The number of anilines is 2. The molecule has 0 heterocycles. The van der Waals surface area contributed by atoms with E-state index in [-0.39, 0.29) is 17.7 Å². The number of carbonyl (C=O) groups is 2. The molecule has 7 heteroatoms. The first-order chi connectivity index (χ1) is 12.9. The van der Waals surface area contributed by atoms with E-state index in [4.69, 9.17) is 27.9 Å². The Hall–Kier alpha value is -2.24. The quantitative estimate of drug-likeness (QED) is 0.697. The number of halogens is 2. The topological polar surface area (TPSA) is 67.4 Å². The van der Waals surface area contributed by atoms with Gasteiger partial charge in [-0.05, 0) is 50.1 Å². The lowest BCUT2D eigenvalue weighted by Crippen LogP contribution is -2.31. The van der Waals surface area contributed by atoms with Crippen molar-refractivity contribution in [3.05, 3.63) is 52.5 Å². The first-order valence-electron chi connectivity index (χ1n) is 8.76. The zero-order valence-corrected chi connectivity index (χ0v) is 16.3. The zero-order valence-electron chi connectivity index (χ0n) is 14.8. The number of nitrogens with one attached hydrogen (secondary N) is 2. The van der Waals surface area contributed by atoms with E-state index in [0.717, 1.165) is 19.3 Å². The molecule has 0 bridgehead atoms. The third-order valence-electron chi connectivity index (χ3n) is 4.42. The molecule has 142 valence electrons. The van der Waals surface area contributed by atoms with Crippen LogP contribution in [0, 0.1) is 5.92 Å². The Bertz CT molecular complexity index is 833. The molecular formula is C20H20Cl2N2O3. The summed E-state index contributed by atoms with van der Waals surface area (Å²) in [6, 6.07) is 11.9. The van der Waals surface area contributed by atoms with E-state index < -0.39 is 6.10 Å². The fourth-order valence-electron chi connectivity index (χ4n) is 2.69. The summed E-state index contributed by atoms with van der Waals surface area (Å²) < 4.78 is 5.78. The summed E-state index contributed by atoms with van der Waals surface area (Å²) in [5, 5.41) is 6.46. The smallest absolute Gasteiger partial charge is 0.265 e. The highest BCUT2D eigenvalue weighted by atomic mass is 35.5. The minimum absolute atomic E-state index is 0.0111. The molecule has 2 aromatic rings. The Morgan fingerprint density at radius 3 is 2.37 bits per heavy atom. The molecule has 0 saturated heterocycles. The number of hydrogen-bond acceptors (Lipinski definition) is 3. The van der Waals surface area contributed by atoms with Gasteiger partial charge in [0.1, 0.15) is 5.75 Å². The highest BCUT2D eigenvalue weighted by molar-refractivity contribution is 6.35. The van der Waals surface area contributed by atoms with E-state index in [1.807, 2.05) is 6.07 Å². The van der Waals surface area contributed by atoms with Crippen LogP contribution in [0.4, 0.5) is 11.4 Å². The van der Waals surface area contributed by atoms with Gasteiger partial charge < -0.3 is 15.4 Å². The first kappa shape index (κ1) is 19.5. The van der Waals surface area contributed by atoms with Crippen LogP contribution in [-0.2, 0) is 9.59 Å². The zero-order chi connectivity index (χ0) is 19.4. The third kappa shape index (κ3) is 5.15. The Balaban J connectivity index is 1.65. The van der Waals surface area contributed by atoms with Crippen molar-refractivity contribution in [2.24, 2.45) is 5.92 Å². The van der Waals surface area contributed by atoms with E-state index in [9.17, 15) is 9.59 Å². The lowest BCUT2D eigenvalue weighted by molar-refractivity contribution is -0.122. The van der Waals surface area contributed by atoms with Crippen LogP contribution in [0.3, 0.4) is 0 Å². The minimum Gasteiger partial charge on any atom is -0.479 e. The number of para-hydroxylation sites is 2. The van der Waals surface area contributed by atoms with Gasteiger partial charge in [0.05, 0.1) is 5.69 Å². The van der Waals surface area contributed by atoms with Crippen LogP contribution in [0.1, 0.15) is 26.2 Å². The molecular weight excluding hydrogens is 387 g/mol. The lowest BCUT2D eigenvalue weighted by Gasteiger charge is -2.25. The Labute approximate surface area is 168 Å². The third-order valence-corrected chi connectivity index (χ3v) is 4.86. The molecule has 27 heavy (non-hydrogen) atoms. The van der Waals surface area contributed by atoms with Gasteiger partial charge in [-0.2, -0.15) is 0 Å². The Morgan fingerprint density at radius 2 is 1.74 bits per heavy atom. The Kier molecular flexibility index (Phi) is 6.24. The molecule has 2 N–H and O–H groups in total. The number of benzene rings is 2. The number of carbonyl (C=O) groups excluding carboxylic acids is 2. The maximum atomic E-state index is 12.4. The summed E-state index contributed by atoms with van der Waals surface area (Å²) in [5.41, 5.74) is 1.04. The van der Waals surface area contributed by atoms with E-state index in [0.29, 0.717) is 27.2 Å². The van der Waals surface area contributed by atoms with Gasteiger partial charge in [-0.3, -0.25) is 9.59 Å². The monoisotopic (exact) mass is 406 g/mol. The normalized spacial score (nSPS) is 14.8. The van der Waals surface area contributed by atoms with Crippen LogP contribution >= 0.6 is 23.2 Å². The first-order valence-corrected chi connectivity index (χ1v) is 9.51. The molecule has 1 saturated carbocycles. The standard InChI is InChI=1S/C20H20Cl2N2O3/c1-12(19(25)23-16-10-14(21)9-15(22)11-16)27-18-8-3-2-7-17(18)24-20(26)13-5-4-6-13/h2-3,7-13H,4-6H2,1H3,(H,23,25)(H,24,26). The summed E-state index contributed by atoms with van der Waals surface area (Å²) in [4.78, 5) is 24.6. The maximum absolute atomic E-state index is 12.4. The minimum atomic E-state index is -0.787. The van der Waals surface area contributed by atoms with Crippen LogP contribution in [0.2, 0.25) is 10.0 Å². The summed E-state index contributed by atoms with van der Waals surface area (Å²) in [5.74, 6) is 0.139. The molecule has 5 nitrogen and oxygen atoms in total. The molecule has 2 amide bonds. The van der Waals surface area contributed by atoms with Crippen LogP contribution in [0.25, 0.3) is 0 Å². The van der Waals surface area contributed by atoms with Gasteiger partial charge in [-0.25, -0.2) is 0 Å². The number of rotatable bonds is 6. The van der Waals surface area contributed by atoms with Crippen molar-refractivity contribution in [3.8, 4) is 5.75 Å². The van der Waals surface area contributed by atoms with Gasteiger partial charge in [-0.1, -0.05) is 41.8 Å².